The number of nitrogens with one attached hydrogen (secondary N) is 1. The Labute approximate surface area is 240 Å². The minimum atomic E-state index is -0.489. The highest BCUT2D eigenvalue weighted by molar-refractivity contribution is 5.98. The lowest BCUT2D eigenvalue weighted by molar-refractivity contribution is 0.0210. The summed E-state index contributed by atoms with van der Waals surface area (Å²) >= 11 is 0. The van der Waals surface area contributed by atoms with Gasteiger partial charge >= 0.3 is 5.97 Å². The lowest BCUT2D eigenvalue weighted by Gasteiger charge is -2.29. The predicted molar refractivity (Wildman–Crippen MR) is 161 cm³/mol. The third-order valence-electron chi connectivity index (χ3n) is 7.71. The van der Waals surface area contributed by atoms with Crippen molar-refractivity contribution in [2.24, 2.45) is 11.7 Å². The van der Waals surface area contributed by atoms with Gasteiger partial charge in [-0.3, -0.25) is 4.79 Å². The molecule has 40 heavy (non-hydrogen) atoms. The second-order valence-corrected chi connectivity index (χ2v) is 11.2. The molecule has 0 saturated heterocycles. The molecule has 2 aromatic carbocycles. The molecule has 7 heteroatoms. The molecule has 0 heterocycles. The number of hydrogen-bond donors (Lipinski definition) is 2. The summed E-state index contributed by atoms with van der Waals surface area (Å²) in [7, 11) is 1.65. The lowest BCUT2D eigenvalue weighted by Crippen LogP contribution is -2.45. The van der Waals surface area contributed by atoms with Crippen LogP contribution < -0.4 is 15.8 Å². The van der Waals surface area contributed by atoms with E-state index in [-0.39, 0.29) is 11.9 Å². The van der Waals surface area contributed by atoms with Gasteiger partial charge in [-0.05, 0) is 73.6 Å². The fraction of sp³-hybridized carbons (Fsp3) is 0.576. The topological polar surface area (TPSA) is 93.9 Å². The van der Waals surface area contributed by atoms with Crippen LogP contribution in [0.15, 0.2) is 42.5 Å². The van der Waals surface area contributed by atoms with Crippen molar-refractivity contribution in [1.82, 2.24) is 10.2 Å². The second-order valence-electron chi connectivity index (χ2n) is 11.2. The van der Waals surface area contributed by atoms with Crippen LogP contribution in [0.25, 0.3) is 0 Å². The van der Waals surface area contributed by atoms with Gasteiger partial charge in [-0.1, -0.05) is 58.1 Å². The normalized spacial score (nSPS) is 15.3. The molecule has 0 bridgehead atoms. The average molecular weight is 552 g/mol. The maximum absolute atomic E-state index is 13.5. The zero-order valence-corrected chi connectivity index (χ0v) is 24.9. The number of hydrogen-bond acceptors (Lipinski definition) is 6. The van der Waals surface area contributed by atoms with Crippen LogP contribution in [0, 0.1) is 12.8 Å². The molecule has 2 atom stereocenters. The minimum Gasteiger partial charge on any atom is -0.497 e. The van der Waals surface area contributed by atoms with Crippen molar-refractivity contribution in [3.8, 4) is 5.75 Å². The number of ether oxygens (including phenoxy) is 2. The molecule has 0 aliphatic heterocycles. The summed E-state index contributed by atoms with van der Waals surface area (Å²) in [6.07, 6.45) is 8.24. The fourth-order valence-corrected chi connectivity index (χ4v) is 5.65. The highest BCUT2D eigenvalue weighted by atomic mass is 16.5. The van der Waals surface area contributed by atoms with E-state index in [0.29, 0.717) is 43.2 Å². The minimum absolute atomic E-state index is 0.0491. The fourth-order valence-electron chi connectivity index (χ4n) is 5.65. The molecule has 1 aliphatic rings. The number of methoxy groups -OCH3 is 1. The van der Waals surface area contributed by atoms with Gasteiger partial charge in [0.1, 0.15) is 11.9 Å². The van der Waals surface area contributed by atoms with Crippen molar-refractivity contribution in [2.75, 3.05) is 26.7 Å². The molecule has 0 aromatic heterocycles. The average Bonchev–Trinajstić information content (AvgIpc) is 2.96. The van der Waals surface area contributed by atoms with E-state index >= 15 is 0 Å². The number of amides is 1. The van der Waals surface area contributed by atoms with E-state index in [9.17, 15) is 9.59 Å². The third kappa shape index (κ3) is 9.63. The van der Waals surface area contributed by atoms with Crippen LogP contribution >= 0.6 is 0 Å². The zero-order chi connectivity index (χ0) is 28.9. The molecular formula is C33H49N3O4. The van der Waals surface area contributed by atoms with Crippen LogP contribution in [0.1, 0.15) is 97.1 Å². The van der Waals surface area contributed by atoms with E-state index in [1.165, 1.54) is 32.1 Å². The van der Waals surface area contributed by atoms with E-state index in [2.05, 4.69) is 19.2 Å². The lowest BCUT2D eigenvalue weighted by atomic mass is 9.84. The monoisotopic (exact) mass is 551 g/mol. The van der Waals surface area contributed by atoms with Gasteiger partial charge < -0.3 is 25.4 Å². The van der Waals surface area contributed by atoms with E-state index in [4.69, 9.17) is 15.2 Å². The maximum atomic E-state index is 13.5. The molecule has 7 nitrogen and oxygen atoms in total. The first kappa shape index (κ1) is 31.6. The smallest absolute Gasteiger partial charge is 0.338 e. The van der Waals surface area contributed by atoms with Gasteiger partial charge in [-0.2, -0.15) is 0 Å². The second kappa shape index (κ2) is 16.4. The number of nitrogens with two attached hydrogens (primary N) is 1. The molecule has 1 fully saturated rings. The molecule has 2 aromatic rings. The van der Waals surface area contributed by atoms with E-state index < -0.39 is 12.1 Å². The molecule has 220 valence electrons. The molecule has 3 rings (SSSR count). The largest absolute Gasteiger partial charge is 0.497 e. The number of rotatable bonds is 15. The summed E-state index contributed by atoms with van der Waals surface area (Å²) in [4.78, 5) is 28.6. The first-order valence-electron chi connectivity index (χ1n) is 15.1. The van der Waals surface area contributed by atoms with Gasteiger partial charge in [-0.15, -0.1) is 0 Å². The van der Waals surface area contributed by atoms with Gasteiger partial charge in [0.15, 0.2) is 0 Å². The Morgan fingerprint density at radius 1 is 1.02 bits per heavy atom. The van der Waals surface area contributed by atoms with E-state index in [0.717, 1.165) is 36.1 Å². The summed E-state index contributed by atoms with van der Waals surface area (Å²) < 4.78 is 11.4. The van der Waals surface area contributed by atoms with Gasteiger partial charge in [0.2, 0.25) is 0 Å². The standard InChI is InChI=1S/C33H49N3O4/c1-5-15-36(16-6-2)32(37)27-17-24(3)18-28(21-27)33(38)40-31(30(34)20-25-11-8-7-9-12-25)23-35-22-26-13-10-14-29(19-26)39-4/h10,13-14,17-19,21,25,30-31,35H,5-9,11-12,15-16,20,22-23,34H2,1-4H3. The highest BCUT2D eigenvalue weighted by Gasteiger charge is 2.27. The molecule has 0 spiro atoms. The van der Waals surface area contributed by atoms with Crippen LogP contribution in [0.4, 0.5) is 0 Å². The SMILES string of the molecule is CCCN(CCC)C(=O)c1cc(C)cc(C(=O)OC(CNCc2cccc(OC)c2)C(N)CC2CCCCC2)c1. The van der Waals surface area contributed by atoms with Crippen molar-refractivity contribution < 1.29 is 19.1 Å². The Kier molecular flexibility index (Phi) is 13.0. The third-order valence-corrected chi connectivity index (χ3v) is 7.71. The number of esters is 1. The summed E-state index contributed by atoms with van der Waals surface area (Å²) in [5.74, 6) is 0.877. The number of carbonyl (C=O) groups excluding carboxylic acids is 2. The first-order valence-corrected chi connectivity index (χ1v) is 15.1. The molecular weight excluding hydrogens is 502 g/mol. The van der Waals surface area contributed by atoms with Crippen LogP contribution in [0.3, 0.4) is 0 Å². The first-order chi connectivity index (χ1) is 19.3. The molecule has 1 aliphatic carbocycles. The van der Waals surface area contributed by atoms with Crippen LogP contribution in [-0.2, 0) is 11.3 Å². The Morgan fingerprint density at radius 3 is 2.40 bits per heavy atom. The number of carbonyl (C=O) groups is 2. The Hall–Kier alpha value is -2.90. The highest BCUT2D eigenvalue weighted by Crippen LogP contribution is 2.28. The molecule has 1 amide bonds. The Balaban J connectivity index is 1.74. The summed E-state index contributed by atoms with van der Waals surface area (Å²) in [6, 6.07) is 12.9. The molecule has 3 N–H and O–H groups in total. The number of benzene rings is 2. The van der Waals surface area contributed by atoms with Crippen molar-refractivity contribution >= 4 is 11.9 Å². The van der Waals surface area contributed by atoms with Crippen LogP contribution in [-0.4, -0.2) is 55.7 Å². The zero-order valence-electron chi connectivity index (χ0n) is 24.9. The van der Waals surface area contributed by atoms with Crippen molar-refractivity contribution in [1.29, 1.82) is 0 Å². The predicted octanol–water partition coefficient (Wildman–Crippen LogP) is 5.88. The van der Waals surface area contributed by atoms with Gasteiger partial charge in [-0.25, -0.2) is 4.79 Å². The molecule has 1 saturated carbocycles. The summed E-state index contributed by atoms with van der Waals surface area (Å²) in [5, 5.41) is 3.44. The summed E-state index contributed by atoms with van der Waals surface area (Å²) in [5.41, 5.74) is 9.56. The van der Waals surface area contributed by atoms with Gasteiger partial charge in [0.05, 0.1) is 12.7 Å². The van der Waals surface area contributed by atoms with Crippen LogP contribution in [0.5, 0.6) is 5.75 Å². The van der Waals surface area contributed by atoms with Crippen molar-refractivity contribution in [2.45, 2.75) is 90.8 Å². The maximum Gasteiger partial charge on any atom is 0.338 e. The van der Waals surface area contributed by atoms with Crippen molar-refractivity contribution in [3.05, 3.63) is 64.7 Å². The quantitative estimate of drug-likeness (QED) is 0.269. The van der Waals surface area contributed by atoms with Crippen molar-refractivity contribution in [3.63, 3.8) is 0 Å². The van der Waals surface area contributed by atoms with Gasteiger partial charge in [0, 0.05) is 37.8 Å². The van der Waals surface area contributed by atoms with Crippen LogP contribution in [0.2, 0.25) is 0 Å². The number of nitrogens with zero attached hydrogens (tertiary/aromatic N) is 1. The van der Waals surface area contributed by atoms with Gasteiger partial charge in [0.25, 0.3) is 5.91 Å². The number of aryl methyl sites for hydroxylation is 1. The Morgan fingerprint density at radius 2 is 1.73 bits per heavy atom. The molecule has 0 radical (unpaired) electrons. The summed E-state index contributed by atoms with van der Waals surface area (Å²) in [6.45, 7) is 8.46. The molecule has 2 unspecified atom stereocenters. The van der Waals surface area contributed by atoms with E-state index in [1.54, 1.807) is 19.2 Å². The Bertz CT molecular complexity index is 1080. The van der Waals surface area contributed by atoms with E-state index in [1.807, 2.05) is 42.2 Å².